The van der Waals surface area contributed by atoms with Gasteiger partial charge in [-0.05, 0) is 60.0 Å². The molecule has 4 nitrogen and oxygen atoms in total. The molecule has 1 aromatic rings. The molecule has 25 heavy (non-hydrogen) atoms. The van der Waals surface area contributed by atoms with Crippen LogP contribution in [0.15, 0.2) is 24.5 Å². The highest BCUT2D eigenvalue weighted by Gasteiger charge is 2.56. The van der Waals surface area contributed by atoms with Crippen LogP contribution < -0.4 is 5.32 Å². The largest absolute Gasteiger partial charge is 0.396 e. The van der Waals surface area contributed by atoms with E-state index in [-0.39, 0.29) is 41.2 Å². The molecule has 0 aromatic carbocycles. The molecule has 1 aromatic heterocycles. The average Bonchev–Trinajstić information content (AvgIpc) is 2.57. The molecule has 2 aliphatic rings. The molecular weight excluding hydrogens is 312 g/mol. The third kappa shape index (κ3) is 3.21. The lowest BCUT2D eigenvalue weighted by Crippen LogP contribution is -2.59. The van der Waals surface area contributed by atoms with Gasteiger partial charge in [-0.3, -0.25) is 9.78 Å². The Balaban J connectivity index is 1.85. The summed E-state index contributed by atoms with van der Waals surface area (Å²) in [5, 5.41) is 13.4. The van der Waals surface area contributed by atoms with E-state index in [4.69, 9.17) is 0 Å². The zero-order valence-corrected chi connectivity index (χ0v) is 16.0. The summed E-state index contributed by atoms with van der Waals surface area (Å²) in [6.45, 7) is 9.48. The van der Waals surface area contributed by atoms with Crippen molar-refractivity contribution in [2.24, 2.45) is 28.6 Å². The molecule has 0 saturated heterocycles. The predicted molar refractivity (Wildman–Crippen MR) is 99.1 cm³/mol. The van der Waals surface area contributed by atoms with E-state index in [1.54, 1.807) is 24.5 Å². The smallest absolute Gasteiger partial charge is 0.253 e. The maximum absolute atomic E-state index is 12.6. The van der Waals surface area contributed by atoms with Crippen molar-refractivity contribution in [2.75, 3.05) is 6.61 Å². The van der Waals surface area contributed by atoms with E-state index >= 15 is 0 Å². The molecule has 1 heterocycles. The van der Waals surface area contributed by atoms with Crippen LogP contribution in [0, 0.1) is 28.6 Å². The summed E-state index contributed by atoms with van der Waals surface area (Å²) in [7, 11) is 0. The molecular formula is C21H32N2O2. The summed E-state index contributed by atoms with van der Waals surface area (Å²) in [6.07, 6.45) is 7.92. The lowest BCUT2D eigenvalue weighted by atomic mass is 9.46. The van der Waals surface area contributed by atoms with Crippen LogP contribution in [0.4, 0.5) is 0 Å². The van der Waals surface area contributed by atoms with Gasteiger partial charge in [-0.25, -0.2) is 0 Å². The van der Waals surface area contributed by atoms with Gasteiger partial charge >= 0.3 is 0 Å². The minimum atomic E-state index is -0.0566. The predicted octanol–water partition coefficient (Wildman–Crippen LogP) is 3.66. The summed E-state index contributed by atoms with van der Waals surface area (Å²) < 4.78 is 0. The van der Waals surface area contributed by atoms with Gasteiger partial charge in [0.25, 0.3) is 5.91 Å². The molecule has 0 bridgehead atoms. The number of fused-ring (bicyclic) bond motifs is 1. The Bertz CT molecular complexity index is 616. The average molecular weight is 344 g/mol. The van der Waals surface area contributed by atoms with Crippen molar-refractivity contribution in [1.82, 2.24) is 10.3 Å². The minimum absolute atomic E-state index is 0.0566. The SMILES string of the molecule is C[C@@H]1[C@H](NC(=O)c2cccnc2)CC2C(C)(C)CCC[C@]2(C)[C@H]1CO. The first-order chi connectivity index (χ1) is 11.8. The number of hydrogen-bond acceptors (Lipinski definition) is 3. The van der Waals surface area contributed by atoms with Crippen molar-refractivity contribution < 1.29 is 9.90 Å². The van der Waals surface area contributed by atoms with Crippen LogP contribution in [-0.2, 0) is 0 Å². The topological polar surface area (TPSA) is 62.2 Å². The molecule has 3 rings (SSSR count). The van der Waals surface area contributed by atoms with E-state index in [0.717, 1.165) is 6.42 Å². The Labute approximate surface area is 151 Å². The third-order valence-corrected chi connectivity index (χ3v) is 7.32. The molecule has 4 heteroatoms. The van der Waals surface area contributed by atoms with E-state index in [1.807, 2.05) is 0 Å². The summed E-state index contributed by atoms with van der Waals surface area (Å²) in [6, 6.07) is 3.69. The molecule has 2 N–H and O–H groups in total. The number of aromatic nitrogens is 1. The number of pyridine rings is 1. The van der Waals surface area contributed by atoms with Gasteiger partial charge in [0.1, 0.15) is 0 Å². The summed E-state index contributed by atoms with van der Waals surface area (Å²) in [5.74, 6) is 0.950. The van der Waals surface area contributed by atoms with Crippen LogP contribution >= 0.6 is 0 Å². The van der Waals surface area contributed by atoms with Crippen LogP contribution in [0.2, 0.25) is 0 Å². The second-order valence-electron chi connectivity index (χ2n) is 9.11. The molecule has 5 atom stereocenters. The highest BCUT2D eigenvalue weighted by molar-refractivity contribution is 5.94. The molecule has 2 aliphatic carbocycles. The number of carbonyl (C=O) groups excluding carboxylic acids is 1. The van der Waals surface area contributed by atoms with Gasteiger partial charge < -0.3 is 10.4 Å². The lowest BCUT2D eigenvalue weighted by molar-refractivity contribution is -0.118. The van der Waals surface area contributed by atoms with Gasteiger partial charge in [0.05, 0.1) is 5.56 Å². The van der Waals surface area contributed by atoms with Crippen molar-refractivity contribution >= 4 is 5.91 Å². The fourth-order valence-corrected chi connectivity index (χ4v) is 5.86. The Morgan fingerprint density at radius 1 is 1.36 bits per heavy atom. The fourth-order valence-electron chi connectivity index (χ4n) is 5.86. The minimum Gasteiger partial charge on any atom is -0.396 e. The molecule has 2 saturated carbocycles. The molecule has 1 unspecified atom stereocenters. The van der Waals surface area contributed by atoms with Gasteiger partial charge in [-0.2, -0.15) is 0 Å². The van der Waals surface area contributed by atoms with E-state index in [0.29, 0.717) is 11.5 Å². The number of amides is 1. The number of rotatable bonds is 3. The Kier molecular flexibility index (Phi) is 4.93. The van der Waals surface area contributed by atoms with Crippen molar-refractivity contribution in [1.29, 1.82) is 0 Å². The molecule has 2 fully saturated rings. The quantitative estimate of drug-likeness (QED) is 0.879. The van der Waals surface area contributed by atoms with Crippen LogP contribution in [-0.4, -0.2) is 28.6 Å². The van der Waals surface area contributed by atoms with Gasteiger partial charge in [-0.15, -0.1) is 0 Å². The Morgan fingerprint density at radius 3 is 2.76 bits per heavy atom. The third-order valence-electron chi connectivity index (χ3n) is 7.32. The van der Waals surface area contributed by atoms with Crippen molar-refractivity contribution in [3.8, 4) is 0 Å². The highest BCUT2D eigenvalue weighted by atomic mass is 16.3. The number of nitrogens with zero attached hydrogens (tertiary/aromatic N) is 1. The van der Waals surface area contributed by atoms with Crippen LogP contribution in [0.1, 0.15) is 63.7 Å². The normalized spacial score (nSPS) is 37.2. The molecule has 0 spiro atoms. The Morgan fingerprint density at radius 2 is 2.12 bits per heavy atom. The maximum Gasteiger partial charge on any atom is 0.253 e. The molecule has 0 aliphatic heterocycles. The second-order valence-corrected chi connectivity index (χ2v) is 9.11. The summed E-state index contributed by atoms with van der Waals surface area (Å²) >= 11 is 0. The summed E-state index contributed by atoms with van der Waals surface area (Å²) in [5.41, 5.74) is 1.01. The van der Waals surface area contributed by atoms with E-state index in [9.17, 15) is 9.90 Å². The fraction of sp³-hybridized carbons (Fsp3) is 0.714. The number of carbonyl (C=O) groups is 1. The first kappa shape index (κ1) is 18.4. The van der Waals surface area contributed by atoms with Crippen molar-refractivity contribution in [2.45, 2.75) is 59.4 Å². The standard InChI is InChI=1S/C21H32N2O2/c1-14-16(13-24)21(4)9-6-8-20(2,3)18(21)11-17(14)23-19(25)15-7-5-10-22-12-15/h5,7,10,12,14,16-18,24H,6,8-9,11,13H2,1-4H3,(H,23,25)/t14-,16-,17+,18?,21+/m0/s1. The lowest BCUT2D eigenvalue weighted by Gasteiger charge is -2.60. The number of aliphatic hydroxyl groups excluding tert-OH is 1. The first-order valence-electron chi connectivity index (χ1n) is 9.61. The maximum atomic E-state index is 12.6. The highest BCUT2D eigenvalue weighted by Crippen LogP contribution is 2.60. The zero-order valence-electron chi connectivity index (χ0n) is 16.0. The number of nitrogens with one attached hydrogen (secondary N) is 1. The van der Waals surface area contributed by atoms with Gasteiger partial charge in [0.15, 0.2) is 0 Å². The van der Waals surface area contributed by atoms with E-state index in [1.165, 1.54) is 19.3 Å². The molecule has 1 amide bonds. The van der Waals surface area contributed by atoms with Gasteiger partial charge in [-0.1, -0.05) is 34.1 Å². The number of aliphatic hydroxyl groups is 1. The monoisotopic (exact) mass is 344 g/mol. The molecule has 138 valence electrons. The van der Waals surface area contributed by atoms with E-state index in [2.05, 4.69) is 38.0 Å². The van der Waals surface area contributed by atoms with E-state index < -0.39 is 0 Å². The first-order valence-corrected chi connectivity index (χ1v) is 9.61. The van der Waals surface area contributed by atoms with Crippen LogP contribution in [0.3, 0.4) is 0 Å². The van der Waals surface area contributed by atoms with Crippen molar-refractivity contribution in [3.05, 3.63) is 30.1 Å². The van der Waals surface area contributed by atoms with Gasteiger partial charge in [0, 0.05) is 25.0 Å². The molecule has 0 radical (unpaired) electrons. The van der Waals surface area contributed by atoms with Crippen molar-refractivity contribution in [3.63, 3.8) is 0 Å². The van der Waals surface area contributed by atoms with Crippen LogP contribution in [0.25, 0.3) is 0 Å². The second kappa shape index (κ2) is 6.71. The number of hydrogen-bond donors (Lipinski definition) is 2. The summed E-state index contributed by atoms with van der Waals surface area (Å²) in [4.78, 5) is 16.7. The zero-order chi connectivity index (χ0) is 18.2. The van der Waals surface area contributed by atoms with Gasteiger partial charge in [0.2, 0.25) is 0 Å². The van der Waals surface area contributed by atoms with Crippen LogP contribution in [0.5, 0.6) is 0 Å². The Hall–Kier alpha value is -1.42.